The lowest BCUT2D eigenvalue weighted by molar-refractivity contribution is -0.139. The smallest absolute Gasteiger partial charge is 0.242 e. The molecule has 1 aromatic rings. The van der Waals surface area contributed by atoms with Gasteiger partial charge < -0.3 is 14.7 Å². The lowest BCUT2D eigenvalue weighted by Gasteiger charge is -2.36. The molecular formula is C23H35FN4O2. The van der Waals surface area contributed by atoms with Gasteiger partial charge in [-0.25, -0.2) is 4.39 Å². The summed E-state index contributed by atoms with van der Waals surface area (Å²) in [5, 5.41) is 0. The highest BCUT2D eigenvalue weighted by Gasteiger charge is 2.28. The van der Waals surface area contributed by atoms with Crippen LogP contribution in [0.3, 0.4) is 0 Å². The molecule has 7 heteroatoms. The fourth-order valence-corrected chi connectivity index (χ4v) is 4.40. The maximum Gasteiger partial charge on any atom is 0.242 e. The highest BCUT2D eigenvalue weighted by Crippen LogP contribution is 2.21. The maximum atomic E-state index is 14.0. The van der Waals surface area contributed by atoms with Gasteiger partial charge in [0.25, 0.3) is 0 Å². The first kappa shape index (κ1) is 22.7. The summed E-state index contributed by atoms with van der Waals surface area (Å²) in [5.74, 6) is 0.339. The lowest BCUT2D eigenvalue weighted by Crippen LogP contribution is -2.47. The fraction of sp³-hybridized carbons (Fsp3) is 0.652. The first-order valence-corrected chi connectivity index (χ1v) is 11.1. The number of amides is 2. The van der Waals surface area contributed by atoms with E-state index in [0.717, 1.165) is 44.5 Å². The van der Waals surface area contributed by atoms with Crippen LogP contribution in [0.5, 0.6) is 0 Å². The van der Waals surface area contributed by atoms with Crippen LogP contribution in [0.4, 0.5) is 4.39 Å². The van der Waals surface area contributed by atoms with Gasteiger partial charge in [-0.05, 0) is 51.9 Å². The normalized spacial score (nSPS) is 20.2. The fourth-order valence-electron chi connectivity index (χ4n) is 4.40. The van der Waals surface area contributed by atoms with E-state index in [4.69, 9.17) is 0 Å². The summed E-state index contributed by atoms with van der Waals surface area (Å²) in [6.45, 7) is 5.47. The summed E-state index contributed by atoms with van der Waals surface area (Å²) in [4.78, 5) is 32.9. The van der Waals surface area contributed by atoms with Crippen LogP contribution in [0.2, 0.25) is 0 Å². The minimum Gasteiger partial charge on any atom is -0.340 e. The Morgan fingerprint density at radius 3 is 2.67 bits per heavy atom. The number of piperidine rings is 1. The average molecular weight is 419 g/mol. The van der Waals surface area contributed by atoms with Crippen LogP contribution in [-0.2, 0) is 16.1 Å². The predicted molar refractivity (Wildman–Crippen MR) is 115 cm³/mol. The standard InChI is InChI=1S/C23H35FN4O2/c1-25(2)13-14-28(23(30)18-27-12-6-10-22(27)29)16-19-7-5-11-26(15-19)17-20-8-3-4-9-21(20)24/h3-4,8-9,19H,5-7,10-18H2,1-2H3/t19-/m0/s1. The van der Waals surface area contributed by atoms with Crippen molar-refractivity contribution in [3.63, 3.8) is 0 Å². The maximum absolute atomic E-state index is 14.0. The van der Waals surface area contributed by atoms with E-state index in [1.165, 1.54) is 6.07 Å². The molecule has 0 unspecified atom stereocenters. The number of likely N-dealkylation sites (N-methyl/N-ethyl adjacent to an activating group) is 1. The van der Waals surface area contributed by atoms with Crippen LogP contribution in [-0.4, -0.2) is 91.3 Å². The van der Waals surface area contributed by atoms with Gasteiger partial charge in [-0.3, -0.25) is 14.5 Å². The first-order chi connectivity index (χ1) is 14.4. The second kappa shape index (κ2) is 10.9. The molecule has 2 fully saturated rings. The van der Waals surface area contributed by atoms with Gasteiger partial charge in [-0.1, -0.05) is 18.2 Å². The number of rotatable bonds is 9. The van der Waals surface area contributed by atoms with E-state index in [1.807, 2.05) is 31.1 Å². The molecule has 0 bridgehead atoms. The van der Waals surface area contributed by atoms with Crippen molar-refractivity contribution in [2.24, 2.45) is 5.92 Å². The highest BCUT2D eigenvalue weighted by molar-refractivity contribution is 5.85. The predicted octanol–water partition coefficient (Wildman–Crippen LogP) is 2.05. The van der Waals surface area contributed by atoms with E-state index in [2.05, 4.69) is 9.80 Å². The highest BCUT2D eigenvalue weighted by atomic mass is 19.1. The molecule has 2 amide bonds. The van der Waals surface area contributed by atoms with Gasteiger partial charge in [0.15, 0.2) is 0 Å². The van der Waals surface area contributed by atoms with Crippen molar-refractivity contribution < 1.29 is 14.0 Å². The number of halogens is 1. The molecule has 1 aromatic carbocycles. The Balaban J connectivity index is 1.58. The molecule has 0 spiro atoms. The summed E-state index contributed by atoms with van der Waals surface area (Å²) >= 11 is 0. The van der Waals surface area contributed by atoms with Crippen LogP contribution in [0.25, 0.3) is 0 Å². The van der Waals surface area contributed by atoms with Crippen LogP contribution >= 0.6 is 0 Å². The van der Waals surface area contributed by atoms with Gasteiger partial charge in [-0.2, -0.15) is 0 Å². The number of hydrogen-bond acceptors (Lipinski definition) is 4. The molecule has 2 aliphatic rings. The van der Waals surface area contributed by atoms with Crippen molar-refractivity contribution >= 4 is 11.8 Å². The molecule has 0 aromatic heterocycles. The molecular weight excluding hydrogens is 383 g/mol. The SMILES string of the molecule is CN(C)CCN(C[C@H]1CCCN(Cc2ccccc2F)C1)C(=O)CN1CCCC1=O. The Labute approximate surface area is 179 Å². The van der Waals surface area contributed by atoms with E-state index in [9.17, 15) is 14.0 Å². The molecule has 30 heavy (non-hydrogen) atoms. The Kier molecular flexibility index (Phi) is 8.22. The average Bonchev–Trinajstić information content (AvgIpc) is 3.11. The van der Waals surface area contributed by atoms with Gasteiger partial charge in [0.1, 0.15) is 5.82 Å². The van der Waals surface area contributed by atoms with E-state index in [0.29, 0.717) is 38.5 Å². The minimum absolute atomic E-state index is 0.0401. The van der Waals surface area contributed by atoms with E-state index in [-0.39, 0.29) is 24.2 Å². The molecule has 166 valence electrons. The third-order valence-electron chi connectivity index (χ3n) is 6.10. The van der Waals surface area contributed by atoms with Crippen LogP contribution in [0.1, 0.15) is 31.2 Å². The number of benzene rings is 1. The Hall–Kier alpha value is -1.99. The topological polar surface area (TPSA) is 47.1 Å². The largest absolute Gasteiger partial charge is 0.340 e. The van der Waals surface area contributed by atoms with Crippen molar-refractivity contribution in [3.05, 3.63) is 35.6 Å². The van der Waals surface area contributed by atoms with Crippen molar-refractivity contribution in [3.8, 4) is 0 Å². The zero-order valence-electron chi connectivity index (χ0n) is 18.4. The number of nitrogens with zero attached hydrogens (tertiary/aromatic N) is 4. The number of carbonyl (C=O) groups excluding carboxylic acids is 2. The lowest BCUT2D eigenvalue weighted by atomic mass is 9.96. The molecule has 1 atom stereocenters. The van der Waals surface area contributed by atoms with E-state index >= 15 is 0 Å². The Bertz CT molecular complexity index is 727. The van der Waals surface area contributed by atoms with E-state index in [1.54, 1.807) is 11.0 Å². The Morgan fingerprint density at radius 2 is 1.97 bits per heavy atom. The number of hydrogen-bond donors (Lipinski definition) is 0. The van der Waals surface area contributed by atoms with E-state index < -0.39 is 0 Å². The quantitative estimate of drug-likeness (QED) is 0.616. The molecule has 2 heterocycles. The van der Waals surface area contributed by atoms with Crippen molar-refractivity contribution in [2.45, 2.75) is 32.2 Å². The molecule has 6 nitrogen and oxygen atoms in total. The van der Waals surface area contributed by atoms with Crippen LogP contribution < -0.4 is 0 Å². The summed E-state index contributed by atoms with van der Waals surface area (Å²) in [7, 11) is 4.01. The summed E-state index contributed by atoms with van der Waals surface area (Å²) in [5.41, 5.74) is 0.728. The molecule has 2 saturated heterocycles. The van der Waals surface area contributed by atoms with Crippen molar-refractivity contribution in [1.29, 1.82) is 0 Å². The second-order valence-corrected chi connectivity index (χ2v) is 8.90. The molecule has 2 aliphatic heterocycles. The third-order valence-corrected chi connectivity index (χ3v) is 6.10. The zero-order chi connectivity index (χ0) is 21.5. The van der Waals surface area contributed by atoms with Gasteiger partial charge in [-0.15, -0.1) is 0 Å². The van der Waals surface area contributed by atoms with Crippen LogP contribution in [0.15, 0.2) is 24.3 Å². The summed E-state index contributed by atoms with van der Waals surface area (Å²) in [6.07, 6.45) is 3.53. The van der Waals surface area contributed by atoms with Gasteiger partial charge in [0.2, 0.25) is 11.8 Å². The molecule has 3 rings (SSSR count). The molecule has 0 aliphatic carbocycles. The van der Waals surface area contributed by atoms with Gasteiger partial charge in [0.05, 0.1) is 6.54 Å². The number of likely N-dealkylation sites (tertiary alicyclic amines) is 2. The van der Waals surface area contributed by atoms with Gasteiger partial charge >= 0.3 is 0 Å². The molecule has 0 N–H and O–H groups in total. The Morgan fingerprint density at radius 1 is 1.17 bits per heavy atom. The zero-order valence-corrected chi connectivity index (χ0v) is 18.4. The number of carbonyl (C=O) groups is 2. The minimum atomic E-state index is -0.155. The first-order valence-electron chi connectivity index (χ1n) is 11.1. The summed E-state index contributed by atoms with van der Waals surface area (Å²) in [6, 6.07) is 6.95. The molecule has 0 saturated carbocycles. The monoisotopic (exact) mass is 418 g/mol. The third kappa shape index (κ3) is 6.51. The van der Waals surface area contributed by atoms with Gasteiger partial charge in [0, 0.05) is 51.3 Å². The van der Waals surface area contributed by atoms with Crippen molar-refractivity contribution in [1.82, 2.24) is 19.6 Å². The summed E-state index contributed by atoms with van der Waals surface area (Å²) < 4.78 is 14.0. The second-order valence-electron chi connectivity index (χ2n) is 8.90. The van der Waals surface area contributed by atoms with Crippen LogP contribution in [0, 0.1) is 11.7 Å². The molecule has 0 radical (unpaired) electrons. The van der Waals surface area contributed by atoms with Crippen molar-refractivity contribution in [2.75, 3.05) is 59.9 Å².